The highest BCUT2D eigenvalue weighted by molar-refractivity contribution is 6.00. The molecule has 0 saturated heterocycles. The van der Waals surface area contributed by atoms with E-state index in [0.717, 1.165) is 23.1 Å². The number of nitrogens with zero attached hydrogens (tertiary/aromatic N) is 3. The summed E-state index contributed by atoms with van der Waals surface area (Å²) in [5.74, 6) is -0.166. The summed E-state index contributed by atoms with van der Waals surface area (Å²) < 4.78 is 26.6. The minimum absolute atomic E-state index is 0.144. The predicted molar refractivity (Wildman–Crippen MR) is 105 cm³/mol. The van der Waals surface area contributed by atoms with Crippen LogP contribution < -0.4 is 16.4 Å². The summed E-state index contributed by atoms with van der Waals surface area (Å²) in [5, 5.41) is 7.03. The summed E-state index contributed by atoms with van der Waals surface area (Å²) in [4.78, 5) is 20.1. The fourth-order valence-corrected chi connectivity index (χ4v) is 2.93. The number of fused-ring (bicyclic) bond motifs is 1. The monoisotopic (exact) mass is 388 g/mol. The summed E-state index contributed by atoms with van der Waals surface area (Å²) in [6, 6.07) is 7.78. The number of rotatable bonds is 9. The van der Waals surface area contributed by atoms with Gasteiger partial charge in [-0.2, -0.15) is 4.98 Å². The first kappa shape index (κ1) is 19.5. The number of hydrogen-bond donors (Lipinski definition) is 3. The highest BCUT2D eigenvalue weighted by Crippen LogP contribution is 2.28. The van der Waals surface area contributed by atoms with Gasteiger partial charge in [-0.05, 0) is 31.5 Å². The van der Waals surface area contributed by atoms with Crippen LogP contribution in [-0.2, 0) is 6.54 Å². The maximum atomic E-state index is 12.2. The molecule has 0 saturated carbocycles. The molecule has 0 spiro atoms. The van der Waals surface area contributed by atoms with Gasteiger partial charge < -0.3 is 20.9 Å². The van der Waals surface area contributed by atoms with Crippen LogP contribution >= 0.6 is 0 Å². The SMILES string of the molecule is CCn1ccc2c(Nc3nc(NCCCC(F)F)ncc3C(N)=O)cccc21. The van der Waals surface area contributed by atoms with E-state index in [0.29, 0.717) is 6.54 Å². The fraction of sp³-hybridized carbons (Fsp3) is 0.316. The van der Waals surface area contributed by atoms with Crippen LogP contribution in [0.5, 0.6) is 0 Å². The summed E-state index contributed by atoms with van der Waals surface area (Å²) in [5.41, 5.74) is 7.41. The number of carbonyl (C=O) groups excluding carboxylic acids is 1. The second-order valence-electron chi connectivity index (χ2n) is 6.25. The van der Waals surface area contributed by atoms with E-state index in [1.807, 2.05) is 30.5 Å². The predicted octanol–water partition coefficient (Wildman–Crippen LogP) is 3.75. The second-order valence-corrected chi connectivity index (χ2v) is 6.25. The molecule has 0 aliphatic carbocycles. The van der Waals surface area contributed by atoms with Crippen molar-refractivity contribution in [3.63, 3.8) is 0 Å². The Morgan fingerprint density at radius 2 is 2.14 bits per heavy atom. The molecule has 4 N–H and O–H groups in total. The molecule has 0 aliphatic heterocycles. The molecule has 0 unspecified atom stereocenters. The van der Waals surface area contributed by atoms with Crippen molar-refractivity contribution in [2.45, 2.75) is 32.7 Å². The number of amides is 1. The van der Waals surface area contributed by atoms with Crippen LogP contribution in [-0.4, -0.2) is 33.4 Å². The van der Waals surface area contributed by atoms with E-state index < -0.39 is 12.3 Å². The van der Waals surface area contributed by atoms with Crippen LogP contribution in [0, 0.1) is 0 Å². The van der Waals surface area contributed by atoms with Gasteiger partial charge >= 0.3 is 0 Å². The van der Waals surface area contributed by atoms with Gasteiger partial charge in [0, 0.05) is 43.0 Å². The molecule has 0 aliphatic rings. The molecule has 3 rings (SSSR count). The first-order valence-corrected chi connectivity index (χ1v) is 9.03. The molecule has 0 atom stereocenters. The van der Waals surface area contributed by atoms with Crippen molar-refractivity contribution in [2.75, 3.05) is 17.2 Å². The smallest absolute Gasteiger partial charge is 0.254 e. The van der Waals surface area contributed by atoms with Crippen LogP contribution in [0.15, 0.2) is 36.7 Å². The number of aryl methyl sites for hydroxylation is 1. The lowest BCUT2D eigenvalue weighted by Gasteiger charge is -2.12. The summed E-state index contributed by atoms with van der Waals surface area (Å²) in [7, 11) is 0. The normalized spacial score (nSPS) is 11.1. The highest BCUT2D eigenvalue weighted by atomic mass is 19.3. The van der Waals surface area contributed by atoms with Crippen molar-refractivity contribution in [2.24, 2.45) is 5.73 Å². The number of aromatic nitrogens is 3. The molecule has 28 heavy (non-hydrogen) atoms. The third-order valence-corrected chi connectivity index (χ3v) is 4.34. The average Bonchev–Trinajstić information content (AvgIpc) is 3.09. The van der Waals surface area contributed by atoms with E-state index in [-0.39, 0.29) is 30.2 Å². The van der Waals surface area contributed by atoms with Gasteiger partial charge in [-0.1, -0.05) is 6.07 Å². The van der Waals surface area contributed by atoms with Crippen LogP contribution in [0.2, 0.25) is 0 Å². The summed E-state index contributed by atoms with van der Waals surface area (Å²) in [6.07, 6.45) is 1.05. The van der Waals surface area contributed by atoms with E-state index in [2.05, 4.69) is 32.1 Å². The molecule has 9 heteroatoms. The molecular formula is C19H22F2N6O. The lowest BCUT2D eigenvalue weighted by Crippen LogP contribution is -2.16. The Balaban J connectivity index is 1.86. The number of nitrogens with one attached hydrogen (secondary N) is 2. The number of anilines is 3. The Morgan fingerprint density at radius 3 is 2.86 bits per heavy atom. The number of nitrogens with two attached hydrogens (primary N) is 1. The zero-order valence-corrected chi connectivity index (χ0v) is 15.5. The molecule has 3 aromatic rings. The molecule has 7 nitrogen and oxygen atoms in total. The largest absolute Gasteiger partial charge is 0.365 e. The number of halogens is 2. The maximum absolute atomic E-state index is 12.2. The lowest BCUT2D eigenvalue weighted by atomic mass is 10.2. The van der Waals surface area contributed by atoms with Crippen LogP contribution in [0.1, 0.15) is 30.1 Å². The Bertz CT molecular complexity index is 972. The highest BCUT2D eigenvalue weighted by Gasteiger charge is 2.14. The number of benzene rings is 1. The summed E-state index contributed by atoms with van der Waals surface area (Å²) in [6.45, 7) is 3.19. The van der Waals surface area contributed by atoms with Gasteiger partial charge in [-0.15, -0.1) is 0 Å². The molecule has 148 valence electrons. The first-order chi connectivity index (χ1) is 13.5. The zero-order chi connectivity index (χ0) is 20.1. The Hall–Kier alpha value is -3.23. The van der Waals surface area contributed by atoms with Gasteiger partial charge in [0.05, 0.1) is 5.52 Å². The van der Waals surface area contributed by atoms with Crippen LogP contribution in [0.4, 0.5) is 26.2 Å². The first-order valence-electron chi connectivity index (χ1n) is 9.03. The minimum atomic E-state index is -2.34. The molecular weight excluding hydrogens is 366 g/mol. The average molecular weight is 388 g/mol. The van der Waals surface area contributed by atoms with E-state index in [9.17, 15) is 13.6 Å². The summed E-state index contributed by atoms with van der Waals surface area (Å²) >= 11 is 0. The number of hydrogen-bond acceptors (Lipinski definition) is 5. The van der Waals surface area contributed by atoms with Crippen LogP contribution in [0.25, 0.3) is 10.9 Å². The second kappa shape index (κ2) is 8.64. The third kappa shape index (κ3) is 4.36. The number of carbonyl (C=O) groups is 1. The molecule has 0 radical (unpaired) electrons. The standard InChI is InChI=1S/C19H22F2N6O/c1-2-27-10-8-12-14(5-3-6-15(12)27)25-18-13(17(22)28)11-24-19(26-18)23-9-4-7-16(20)21/h3,5-6,8,10-11,16H,2,4,7,9H2,1H3,(H2,22,28)(H2,23,24,25,26). The van der Waals surface area contributed by atoms with Gasteiger partial charge in [0.1, 0.15) is 11.4 Å². The Labute approximate surface area is 161 Å². The van der Waals surface area contributed by atoms with Crippen molar-refractivity contribution >= 4 is 34.3 Å². The number of primary amides is 1. The van der Waals surface area contributed by atoms with Gasteiger partial charge in [-0.25, -0.2) is 13.8 Å². The van der Waals surface area contributed by atoms with E-state index >= 15 is 0 Å². The molecule has 2 heterocycles. The van der Waals surface area contributed by atoms with Gasteiger partial charge in [0.25, 0.3) is 5.91 Å². The molecule has 1 aromatic carbocycles. The van der Waals surface area contributed by atoms with Gasteiger partial charge in [0.15, 0.2) is 0 Å². The lowest BCUT2D eigenvalue weighted by molar-refractivity contribution is 0.100. The van der Waals surface area contributed by atoms with Crippen LogP contribution in [0.3, 0.4) is 0 Å². The van der Waals surface area contributed by atoms with Crippen molar-refractivity contribution in [1.82, 2.24) is 14.5 Å². The molecule has 0 fully saturated rings. The van der Waals surface area contributed by atoms with Crippen molar-refractivity contribution in [1.29, 1.82) is 0 Å². The third-order valence-electron chi connectivity index (χ3n) is 4.34. The quantitative estimate of drug-likeness (QED) is 0.485. The van der Waals surface area contributed by atoms with E-state index in [1.165, 1.54) is 6.20 Å². The topological polar surface area (TPSA) is 97.9 Å². The zero-order valence-electron chi connectivity index (χ0n) is 15.5. The maximum Gasteiger partial charge on any atom is 0.254 e. The molecule has 1 amide bonds. The minimum Gasteiger partial charge on any atom is -0.365 e. The van der Waals surface area contributed by atoms with Crippen molar-refractivity contribution < 1.29 is 13.6 Å². The Morgan fingerprint density at radius 1 is 1.32 bits per heavy atom. The number of alkyl halides is 2. The fourth-order valence-electron chi connectivity index (χ4n) is 2.93. The molecule has 0 bridgehead atoms. The van der Waals surface area contributed by atoms with Gasteiger partial charge in [-0.3, -0.25) is 4.79 Å². The van der Waals surface area contributed by atoms with Gasteiger partial charge in [0.2, 0.25) is 12.4 Å². The Kier molecular flexibility index (Phi) is 6.03. The van der Waals surface area contributed by atoms with Crippen molar-refractivity contribution in [3.8, 4) is 0 Å². The van der Waals surface area contributed by atoms with E-state index in [1.54, 1.807) is 0 Å². The van der Waals surface area contributed by atoms with E-state index in [4.69, 9.17) is 5.73 Å². The molecule has 2 aromatic heterocycles. The van der Waals surface area contributed by atoms with Crippen molar-refractivity contribution in [3.05, 3.63) is 42.2 Å².